The summed E-state index contributed by atoms with van der Waals surface area (Å²) in [5.74, 6) is -1.23. The Hall–Kier alpha value is -0.436. The summed E-state index contributed by atoms with van der Waals surface area (Å²) in [5, 5.41) is 72.7. The number of aliphatic carboxylic acids is 1. The third-order valence-electron chi connectivity index (χ3n) is 2.65. The molecule has 0 aromatic heterocycles. The first-order valence-corrected chi connectivity index (χ1v) is 9.24. The maximum atomic E-state index is 10.1. The van der Waals surface area contributed by atoms with Gasteiger partial charge in [-0.2, -0.15) is 0 Å². The van der Waals surface area contributed by atoms with E-state index in [0.29, 0.717) is 39.3 Å². The summed E-state index contributed by atoms with van der Waals surface area (Å²) in [4.78, 5) is 12.6. The number of hydrogen-bond acceptors (Lipinski definition) is 11. The fourth-order valence-corrected chi connectivity index (χ4v) is 1.49. The molecule has 0 saturated heterocycles. The molecule has 0 aliphatic carbocycles. The van der Waals surface area contributed by atoms with Gasteiger partial charge in [-0.15, -0.1) is 19.3 Å². The normalized spacial score (nSPS) is 9.47. The molecule has 0 aromatic rings. The average Bonchev–Trinajstić information content (AvgIpc) is 2.64. The fourth-order valence-electron chi connectivity index (χ4n) is 1.49. The number of aliphatic hydroxyl groups excluding tert-OH is 4. The Labute approximate surface area is 194 Å². The Bertz CT molecular complexity index is 279. The predicted octanol–water partition coefficient (Wildman–Crippen LogP) is -6.06. The van der Waals surface area contributed by atoms with Gasteiger partial charge in [0.25, 0.3) is 0 Å². The molecule has 30 heavy (non-hydrogen) atoms. The SMILES string of the molecule is C=CC(=O)[O-].CC(C)[O-].[O-]CCN(CCO)CCO.[O-]CCN(CCO)CCO.[Ti+4]. The summed E-state index contributed by atoms with van der Waals surface area (Å²) in [6, 6.07) is 0. The Morgan fingerprint density at radius 2 is 1.03 bits per heavy atom. The third-order valence-corrected chi connectivity index (χ3v) is 2.65. The van der Waals surface area contributed by atoms with Gasteiger partial charge in [0.05, 0.1) is 32.4 Å². The second-order valence-corrected chi connectivity index (χ2v) is 5.56. The molecule has 11 nitrogen and oxygen atoms in total. The van der Waals surface area contributed by atoms with Gasteiger partial charge in [-0.05, 0) is 19.2 Å². The van der Waals surface area contributed by atoms with E-state index in [4.69, 9.17) is 30.3 Å². The van der Waals surface area contributed by atoms with Crippen molar-refractivity contribution in [2.24, 2.45) is 0 Å². The minimum Gasteiger partial charge on any atom is -0.854 e. The van der Waals surface area contributed by atoms with Crippen molar-refractivity contribution < 1.29 is 67.4 Å². The molecule has 0 fully saturated rings. The number of carbonyl (C=O) groups excluding carboxylic acids is 1. The van der Waals surface area contributed by atoms with Gasteiger partial charge in [-0.3, -0.25) is 0 Å². The number of aliphatic hydroxyl groups is 4. The van der Waals surface area contributed by atoms with Gasteiger partial charge >= 0.3 is 21.7 Å². The van der Waals surface area contributed by atoms with Gasteiger partial charge in [0.15, 0.2) is 0 Å². The quantitative estimate of drug-likeness (QED) is 0.146. The zero-order valence-electron chi connectivity index (χ0n) is 18.1. The molecule has 0 bridgehead atoms. The number of nitrogens with zero attached hydrogens (tertiary/aromatic N) is 2. The zero-order valence-corrected chi connectivity index (χ0v) is 19.6. The van der Waals surface area contributed by atoms with E-state index in [2.05, 4.69) is 6.58 Å². The van der Waals surface area contributed by atoms with E-state index in [0.717, 1.165) is 6.08 Å². The Morgan fingerprint density at radius 3 is 1.13 bits per heavy atom. The minimum atomic E-state index is -1.23. The van der Waals surface area contributed by atoms with Crippen LogP contribution in [0.15, 0.2) is 12.7 Å². The smallest absolute Gasteiger partial charge is 0.854 e. The average molecular weight is 474 g/mol. The van der Waals surface area contributed by atoms with Gasteiger partial charge in [-0.1, -0.05) is 20.4 Å². The van der Waals surface area contributed by atoms with Crippen LogP contribution in [0.4, 0.5) is 0 Å². The summed E-state index contributed by atoms with van der Waals surface area (Å²) in [6.45, 7) is 8.63. The molecule has 0 amide bonds. The zero-order chi connectivity index (χ0) is 23.5. The maximum absolute atomic E-state index is 10.1. The van der Waals surface area contributed by atoms with E-state index in [1.165, 1.54) is 0 Å². The summed E-state index contributed by atoms with van der Waals surface area (Å²) in [5.41, 5.74) is 0. The van der Waals surface area contributed by atoms with Crippen LogP contribution in [0.25, 0.3) is 0 Å². The van der Waals surface area contributed by atoms with Crippen LogP contribution < -0.4 is 20.4 Å². The maximum Gasteiger partial charge on any atom is 4.00 e. The van der Waals surface area contributed by atoms with Crippen molar-refractivity contribution >= 4 is 5.97 Å². The van der Waals surface area contributed by atoms with Crippen molar-refractivity contribution in [3.05, 3.63) is 12.7 Å². The first-order chi connectivity index (χ1) is 13.7. The van der Waals surface area contributed by atoms with Crippen molar-refractivity contribution in [1.82, 2.24) is 9.80 Å². The van der Waals surface area contributed by atoms with Crippen molar-refractivity contribution in [3.8, 4) is 0 Å². The van der Waals surface area contributed by atoms with Gasteiger partial charge in [0.1, 0.15) is 0 Å². The van der Waals surface area contributed by atoms with Crippen LogP contribution in [0.1, 0.15) is 13.8 Å². The van der Waals surface area contributed by atoms with Crippen LogP contribution in [0.2, 0.25) is 0 Å². The van der Waals surface area contributed by atoms with E-state index in [9.17, 15) is 15.3 Å². The van der Waals surface area contributed by atoms with Gasteiger partial charge in [0, 0.05) is 26.2 Å². The van der Waals surface area contributed by atoms with Crippen molar-refractivity contribution in [3.63, 3.8) is 0 Å². The van der Waals surface area contributed by atoms with E-state index >= 15 is 0 Å². The van der Waals surface area contributed by atoms with Crippen LogP contribution in [0.5, 0.6) is 0 Å². The molecule has 0 radical (unpaired) electrons. The number of carboxylic acid groups (broad SMARTS) is 1. The topological polar surface area (TPSA) is 197 Å². The fraction of sp³-hybridized carbons (Fsp3) is 0.833. The molecule has 0 rings (SSSR count). The molecule has 0 spiro atoms. The Balaban J connectivity index is -0.0000000979. The van der Waals surface area contributed by atoms with Gasteiger partial charge in [-0.25, -0.2) is 0 Å². The van der Waals surface area contributed by atoms with Crippen molar-refractivity contribution in [1.29, 1.82) is 0 Å². The molecular formula is C18H38N2O9Ti. The largest absolute Gasteiger partial charge is 4.00 e. The molecule has 178 valence electrons. The van der Waals surface area contributed by atoms with E-state index in [-0.39, 0.29) is 61.4 Å². The number of hydrogen-bond donors (Lipinski definition) is 4. The molecule has 0 aromatic carbocycles. The Morgan fingerprint density at radius 1 is 0.833 bits per heavy atom. The summed E-state index contributed by atoms with van der Waals surface area (Å²) in [7, 11) is 0. The molecule has 4 N–H and O–H groups in total. The van der Waals surface area contributed by atoms with Crippen molar-refractivity contribution in [2.75, 3.05) is 78.9 Å². The van der Waals surface area contributed by atoms with Gasteiger partial charge < -0.3 is 55.4 Å². The van der Waals surface area contributed by atoms with E-state index in [1.807, 2.05) is 0 Å². The van der Waals surface area contributed by atoms with Crippen LogP contribution in [0, 0.1) is 0 Å². The molecule has 0 aliphatic rings. The van der Waals surface area contributed by atoms with Crippen LogP contribution in [-0.4, -0.2) is 121 Å². The predicted molar refractivity (Wildman–Crippen MR) is 101 cm³/mol. The second kappa shape index (κ2) is 36.0. The summed E-state index contributed by atoms with van der Waals surface area (Å²) >= 11 is 0. The Kier molecular flexibility index (Phi) is 47.9. The first kappa shape index (κ1) is 40.0. The molecule has 0 heterocycles. The van der Waals surface area contributed by atoms with E-state index in [1.54, 1.807) is 23.6 Å². The summed E-state index contributed by atoms with van der Waals surface area (Å²) in [6.07, 6.45) is 0.306. The standard InChI is InChI=1S/2C6H14NO3.C3H4O2.C3H7O.Ti/c2*8-4-1-7(2-5-9)3-6-10;1-2-3(4)5;1-3(2)4;/h2*8-9H,1-6H2;2H,1H2,(H,4,5);3H,1-2H3;/q2*-1;;-1;+4/p-1. The van der Waals surface area contributed by atoms with Crippen LogP contribution in [0.3, 0.4) is 0 Å². The molecule has 0 atom stereocenters. The second-order valence-electron chi connectivity index (χ2n) is 5.56. The van der Waals surface area contributed by atoms with Crippen LogP contribution >= 0.6 is 0 Å². The molecule has 12 heteroatoms. The number of rotatable bonds is 13. The molecule has 0 aliphatic heterocycles. The molecule has 0 unspecified atom stereocenters. The van der Waals surface area contributed by atoms with Crippen molar-refractivity contribution in [2.45, 2.75) is 20.0 Å². The molecule has 0 saturated carbocycles. The first-order valence-electron chi connectivity index (χ1n) is 9.24. The number of carbonyl (C=O) groups is 1. The van der Waals surface area contributed by atoms with Gasteiger partial charge in [0.2, 0.25) is 0 Å². The molecular weight excluding hydrogens is 436 g/mol. The van der Waals surface area contributed by atoms with Crippen LogP contribution in [-0.2, 0) is 26.5 Å². The number of carboxylic acids is 1. The minimum absolute atomic E-state index is 0. The third kappa shape index (κ3) is 50.8. The monoisotopic (exact) mass is 474 g/mol. The summed E-state index contributed by atoms with van der Waals surface area (Å²) < 4.78 is 0. The van der Waals surface area contributed by atoms with E-state index < -0.39 is 12.1 Å².